The Balaban J connectivity index is 1.11. The maximum atomic E-state index is 6.50. The van der Waals surface area contributed by atoms with E-state index in [1.165, 1.54) is 51.4 Å². The highest BCUT2D eigenvalue weighted by molar-refractivity contribution is 5.18. The Morgan fingerprint density at radius 3 is 2.26 bits per heavy atom. The largest absolute Gasteiger partial charge is 0.378 e. The van der Waals surface area contributed by atoms with Crippen molar-refractivity contribution in [2.24, 2.45) is 58.7 Å². The van der Waals surface area contributed by atoms with Gasteiger partial charge < -0.3 is 9.47 Å². The lowest BCUT2D eigenvalue weighted by Crippen LogP contribution is -2.48. The topological polar surface area (TPSA) is 18.5 Å². The van der Waals surface area contributed by atoms with Crippen molar-refractivity contribution >= 4 is 0 Å². The van der Waals surface area contributed by atoms with E-state index in [0.29, 0.717) is 17.6 Å². The minimum atomic E-state index is 0.409. The molecule has 6 aliphatic carbocycles. The minimum Gasteiger partial charge on any atom is -0.378 e. The first-order valence-electron chi connectivity index (χ1n) is 12.3. The molecule has 6 saturated carbocycles. The van der Waals surface area contributed by atoms with Gasteiger partial charge in [-0.05, 0) is 117 Å². The number of fused-ring (bicyclic) bond motifs is 11. The fourth-order valence-corrected chi connectivity index (χ4v) is 9.95. The summed E-state index contributed by atoms with van der Waals surface area (Å²) in [6.07, 6.45) is 12.8. The van der Waals surface area contributed by atoms with E-state index < -0.39 is 0 Å². The lowest BCUT2D eigenvalue weighted by molar-refractivity contribution is -0.105. The van der Waals surface area contributed by atoms with E-state index in [1.807, 2.05) is 0 Å². The van der Waals surface area contributed by atoms with Gasteiger partial charge in [-0.25, -0.2) is 0 Å². The summed E-state index contributed by atoms with van der Waals surface area (Å²) < 4.78 is 12.9. The van der Waals surface area contributed by atoms with E-state index in [2.05, 4.69) is 20.8 Å². The van der Waals surface area contributed by atoms with Crippen molar-refractivity contribution in [2.45, 2.75) is 84.3 Å². The summed E-state index contributed by atoms with van der Waals surface area (Å²) in [5.74, 6) is 8.64. The quantitative estimate of drug-likeness (QED) is 0.569. The molecule has 0 amide bonds. The first kappa shape index (κ1) is 17.8. The zero-order valence-corrected chi connectivity index (χ0v) is 17.7. The van der Waals surface area contributed by atoms with Gasteiger partial charge in [-0.1, -0.05) is 13.8 Å². The molecule has 0 radical (unpaired) electrons. The van der Waals surface area contributed by atoms with Crippen LogP contribution in [0.5, 0.6) is 0 Å². The molecule has 2 nitrogen and oxygen atoms in total. The molecule has 6 bridgehead atoms. The summed E-state index contributed by atoms with van der Waals surface area (Å²) >= 11 is 0. The highest BCUT2D eigenvalue weighted by Gasteiger charge is 2.69. The average Bonchev–Trinajstić information content (AvgIpc) is 3.45. The summed E-state index contributed by atoms with van der Waals surface area (Å²) in [4.78, 5) is 0. The fourth-order valence-electron chi connectivity index (χ4n) is 9.95. The third-order valence-corrected chi connectivity index (χ3v) is 10.7. The number of hydrogen-bond acceptors (Lipinski definition) is 2. The molecule has 0 aromatic heterocycles. The third-order valence-electron chi connectivity index (χ3n) is 10.7. The van der Waals surface area contributed by atoms with Crippen molar-refractivity contribution < 1.29 is 9.47 Å². The van der Waals surface area contributed by atoms with E-state index in [-0.39, 0.29) is 0 Å². The van der Waals surface area contributed by atoms with Crippen LogP contribution in [0.1, 0.15) is 72.1 Å². The molecule has 8 atom stereocenters. The van der Waals surface area contributed by atoms with Crippen LogP contribution in [0.25, 0.3) is 0 Å². The van der Waals surface area contributed by atoms with Gasteiger partial charge in [-0.2, -0.15) is 0 Å². The summed E-state index contributed by atoms with van der Waals surface area (Å²) in [5, 5.41) is 0. The SMILES string of the molecule is CCOC1C2CC(C3C4CC(CCOC5C6CCC5CC6)[C@@H](C4)C23)C1(C)C. The van der Waals surface area contributed by atoms with Gasteiger partial charge in [0.2, 0.25) is 0 Å². The van der Waals surface area contributed by atoms with E-state index in [1.54, 1.807) is 0 Å². The Hall–Kier alpha value is -0.0800. The number of rotatable bonds is 6. The van der Waals surface area contributed by atoms with Gasteiger partial charge >= 0.3 is 0 Å². The van der Waals surface area contributed by atoms with Gasteiger partial charge in [0, 0.05) is 13.2 Å². The normalized spacial score (nSPS) is 56.3. The molecule has 6 rings (SSSR count). The zero-order chi connectivity index (χ0) is 18.3. The lowest BCUT2D eigenvalue weighted by Gasteiger charge is -2.49. The van der Waals surface area contributed by atoms with Crippen molar-refractivity contribution in [3.63, 3.8) is 0 Å². The molecule has 7 unspecified atom stereocenters. The molecular formula is C25H40O2. The highest BCUT2D eigenvalue weighted by Crippen LogP contribution is 2.73. The Labute approximate surface area is 166 Å². The molecule has 6 aliphatic rings. The Bertz CT molecular complexity index is 565. The van der Waals surface area contributed by atoms with Gasteiger partial charge in [-0.3, -0.25) is 0 Å². The lowest BCUT2D eigenvalue weighted by atomic mass is 9.59. The van der Waals surface area contributed by atoms with E-state index >= 15 is 0 Å². The molecule has 0 N–H and O–H groups in total. The predicted molar refractivity (Wildman–Crippen MR) is 107 cm³/mol. The van der Waals surface area contributed by atoms with Gasteiger partial charge in [0.25, 0.3) is 0 Å². The Morgan fingerprint density at radius 2 is 1.56 bits per heavy atom. The van der Waals surface area contributed by atoms with Crippen LogP contribution in [0.15, 0.2) is 0 Å². The van der Waals surface area contributed by atoms with Gasteiger partial charge in [0.15, 0.2) is 0 Å². The smallest absolute Gasteiger partial charge is 0.0659 e. The first-order chi connectivity index (χ1) is 13.1. The summed E-state index contributed by atoms with van der Waals surface area (Å²) in [5.41, 5.74) is 0.409. The summed E-state index contributed by atoms with van der Waals surface area (Å²) in [7, 11) is 0. The molecule has 0 saturated heterocycles. The standard InChI is InChI=1S/C25H40O2/c1-4-26-24-19-13-20(25(24,2)3)21-17-11-16(18(12-17)22(19)21)9-10-27-23-14-5-6-15(23)8-7-14/h14-24H,4-13H2,1-3H3/t14?,15?,16?,17?,18-,19?,20?,21?,22?,23?,24?/m1/s1. The van der Waals surface area contributed by atoms with Crippen LogP contribution in [-0.2, 0) is 9.47 Å². The monoisotopic (exact) mass is 372 g/mol. The average molecular weight is 373 g/mol. The molecule has 2 heteroatoms. The van der Waals surface area contributed by atoms with Crippen LogP contribution in [0, 0.1) is 58.7 Å². The fraction of sp³-hybridized carbons (Fsp3) is 1.00. The molecule has 0 aromatic rings. The molecule has 0 heterocycles. The summed E-state index contributed by atoms with van der Waals surface area (Å²) in [6.45, 7) is 9.17. The van der Waals surface area contributed by atoms with Crippen LogP contribution in [-0.4, -0.2) is 25.4 Å². The van der Waals surface area contributed by atoms with Crippen LogP contribution in [0.2, 0.25) is 0 Å². The van der Waals surface area contributed by atoms with Crippen molar-refractivity contribution in [1.29, 1.82) is 0 Å². The van der Waals surface area contributed by atoms with Crippen LogP contribution < -0.4 is 0 Å². The molecular weight excluding hydrogens is 332 g/mol. The van der Waals surface area contributed by atoms with Gasteiger partial charge in [0.05, 0.1) is 12.2 Å². The second-order valence-corrected chi connectivity index (χ2v) is 11.8. The second-order valence-electron chi connectivity index (χ2n) is 11.8. The number of hydrogen-bond donors (Lipinski definition) is 0. The molecule has 6 fully saturated rings. The minimum absolute atomic E-state index is 0.409. The predicted octanol–water partition coefficient (Wildman–Crippen LogP) is 5.55. The van der Waals surface area contributed by atoms with Crippen molar-refractivity contribution in [1.82, 2.24) is 0 Å². The van der Waals surface area contributed by atoms with Gasteiger partial charge in [-0.15, -0.1) is 0 Å². The van der Waals surface area contributed by atoms with Crippen molar-refractivity contribution in [3.8, 4) is 0 Å². The zero-order valence-electron chi connectivity index (χ0n) is 17.7. The van der Waals surface area contributed by atoms with Crippen LogP contribution in [0.4, 0.5) is 0 Å². The maximum Gasteiger partial charge on any atom is 0.0659 e. The Kier molecular flexibility index (Phi) is 4.08. The maximum absolute atomic E-state index is 6.50. The van der Waals surface area contributed by atoms with E-state index in [0.717, 1.165) is 66.5 Å². The first-order valence-corrected chi connectivity index (χ1v) is 12.3. The number of ether oxygens (including phenoxy) is 2. The molecule has 0 spiro atoms. The molecule has 0 aliphatic heterocycles. The summed E-state index contributed by atoms with van der Waals surface area (Å²) in [6, 6.07) is 0. The molecule has 27 heavy (non-hydrogen) atoms. The second kappa shape index (κ2) is 6.21. The molecule has 0 aromatic carbocycles. The Morgan fingerprint density at radius 1 is 0.815 bits per heavy atom. The van der Waals surface area contributed by atoms with E-state index in [9.17, 15) is 0 Å². The highest BCUT2D eigenvalue weighted by atomic mass is 16.5. The van der Waals surface area contributed by atoms with Crippen LogP contribution in [0.3, 0.4) is 0 Å². The third kappa shape index (κ3) is 2.38. The van der Waals surface area contributed by atoms with Crippen molar-refractivity contribution in [3.05, 3.63) is 0 Å². The molecule has 152 valence electrons. The van der Waals surface area contributed by atoms with Crippen LogP contribution >= 0.6 is 0 Å². The van der Waals surface area contributed by atoms with Crippen molar-refractivity contribution in [2.75, 3.05) is 13.2 Å². The van der Waals surface area contributed by atoms with Gasteiger partial charge in [0.1, 0.15) is 0 Å². The van der Waals surface area contributed by atoms with E-state index in [4.69, 9.17) is 9.47 Å².